The van der Waals surface area contributed by atoms with Crippen LogP contribution >= 0.6 is 0 Å². The summed E-state index contributed by atoms with van der Waals surface area (Å²) in [6.07, 6.45) is 3.33. The summed E-state index contributed by atoms with van der Waals surface area (Å²) in [5.74, 6) is 1.29. The van der Waals surface area contributed by atoms with Crippen molar-refractivity contribution in [2.24, 2.45) is 0 Å². The van der Waals surface area contributed by atoms with E-state index in [4.69, 9.17) is 4.42 Å². The molecular weight excluding hydrogens is 180 g/mol. The van der Waals surface area contributed by atoms with Crippen LogP contribution in [0, 0.1) is 0 Å². The standard InChI is InChI=1S/C10H16N2O2/c1-7(13)9-6-11-10(14-9)8-4-3-5-12(8)2/h6-8,13H,3-5H2,1-2H3. The molecule has 0 radical (unpaired) electrons. The Hall–Kier alpha value is -0.870. The summed E-state index contributed by atoms with van der Waals surface area (Å²) in [4.78, 5) is 6.44. The van der Waals surface area contributed by atoms with Crippen LogP contribution in [0.1, 0.15) is 43.6 Å². The van der Waals surface area contributed by atoms with Gasteiger partial charge in [-0.15, -0.1) is 0 Å². The van der Waals surface area contributed by atoms with Gasteiger partial charge in [0, 0.05) is 0 Å². The summed E-state index contributed by atoms with van der Waals surface area (Å²) in [5.41, 5.74) is 0. The molecule has 0 bridgehead atoms. The monoisotopic (exact) mass is 196 g/mol. The molecule has 0 aliphatic carbocycles. The summed E-state index contributed by atoms with van der Waals surface area (Å²) in [7, 11) is 2.07. The van der Waals surface area contributed by atoms with Crippen molar-refractivity contribution in [3.05, 3.63) is 17.8 Å². The zero-order valence-electron chi connectivity index (χ0n) is 8.60. The van der Waals surface area contributed by atoms with E-state index in [1.807, 2.05) is 0 Å². The van der Waals surface area contributed by atoms with E-state index in [0.29, 0.717) is 11.8 Å². The third kappa shape index (κ3) is 1.67. The van der Waals surface area contributed by atoms with E-state index < -0.39 is 6.10 Å². The minimum Gasteiger partial charge on any atom is -0.441 e. The van der Waals surface area contributed by atoms with Gasteiger partial charge in [0.25, 0.3) is 0 Å². The Kier molecular flexibility index (Phi) is 2.56. The molecule has 1 aromatic heterocycles. The van der Waals surface area contributed by atoms with Gasteiger partial charge in [-0.3, -0.25) is 4.90 Å². The lowest BCUT2D eigenvalue weighted by molar-refractivity contribution is 0.160. The van der Waals surface area contributed by atoms with Crippen molar-refractivity contribution in [3.63, 3.8) is 0 Å². The number of nitrogens with zero attached hydrogens (tertiary/aromatic N) is 2. The molecule has 4 heteroatoms. The zero-order valence-corrected chi connectivity index (χ0v) is 8.60. The molecule has 2 rings (SSSR count). The van der Waals surface area contributed by atoms with Gasteiger partial charge in [0.05, 0.1) is 12.2 Å². The molecule has 0 spiro atoms. The van der Waals surface area contributed by atoms with Gasteiger partial charge in [-0.2, -0.15) is 0 Å². The van der Waals surface area contributed by atoms with Crippen LogP contribution in [0.5, 0.6) is 0 Å². The highest BCUT2D eigenvalue weighted by atomic mass is 16.4. The predicted octanol–water partition coefficient (Wildman–Crippen LogP) is 1.49. The SMILES string of the molecule is CC(O)c1cnc(C2CCCN2C)o1. The fourth-order valence-electron chi connectivity index (χ4n) is 1.87. The summed E-state index contributed by atoms with van der Waals surface area (Å²) in [5, 5.41) is 9.30. The lowest BCUT2D eigenvalue weighted by Gasteiger charge is -2.15. The first-order valence-corrected chi connectivity index (χ1v) is 5.02. The molecule has 1 aliphatic rings. The van der Waals surface area contributed by atoms with Gasteiger partial charge in [-0.25, -0.2) is 4.98 Å². The molecular formula is C10H16N2O2. The second-order valence-electron chi connectivity index (χ2n) is 3.92. The summed E-state index contributed by atoms with van der Waals surface area (Å²) in [6.45, 7) is 2.78. The quantitative estimate of drug-likeness (QED) is 0.778. The second kappa shape index (κ2) is 3.71. The third-order valence-electron chi connectivity index (χ3n) is 2.76. The Morgan fingerprint density at radius 2 is 2.50 bits per heavy atom. The van der Waals surface area contributed by atoms with Gasteiger partial charge in [0.2, 0.25) is 5.89 Å². The maximum Gasteiger partial charge on any atom is 0.211 e. The predicted molar refractivity (Wildman–Crippen MR) is 51.7 cm³/mol. The number of hydrogen-bond acceptors (Lipinski definition) is 4. The third-order valence-corrected chi connectivity index (χ3v) is 2.76. The van der Waals surface area contributed by atoms with Gasteiger partial charge in [-0.05, 0) is 33.4 Å². The van der Waals surface area contributed by atoms with E-state index in [0.717, 1.165) is 18.9 Å². The topological polar surface area (TPSA) is 49.5 Å². The molecule has 1 saturated heterocycles. The van der Waals surface area contributed by atoms with Gasteiger partial charge in [0.1, 0.15) is 6.10 Å². The highest BCUT2D eigenvalue weighted by Crippen LogP contribution is 2.30. The van der Waals surface area contributed by atoms with E-state index in [1.165, 1.54) is 6.42 Å². The van der Waals surface area contributed by atoms with Crippen LogP contribution in [-0.4, -0.2) is 28.6 Å². The first kappa shape index (κ1) is 9.68. The van der Waals surface area contributed by atoms with E-state index in [1.54, 1.807) is 13.1 Å². The van der Waals surface area contributed by atoms with Crippen molar-refractivity contribution in [2.45, 2.75) is 31.9 Å². The summed E-state index contributed by atoms with van der Waals surface area (Å²) >= 11 is 0. The second-order valence-corrected chi connectivity index (χ2v) is 3.92. The lowest BCUT2D eigenvalue weighted by Crippen LogP contribution is -2.17. The molecule has 2 atom stereocenters. The minimum absolute atomic E-state index is 0.294. The van der Waals surface area contributed by atoms with Crippen LogP contribution in [-0.2, 0) is 0 Å². The molecule has 1 N–H and O–H groups in total. The van der Waals surface area contributed by atoms with E-state index in [2.05, 4.69) is 16.9 Å². The van der Waals surface area contributed by atoms with Gasteiger partial charge < -0.3 is 9.52 Å². The van der Waals surface area contributed by atoms with Gasteiger partial charge in [0.15, 0.2) is 5.76 Å². The van der Waals surface area contributed by atoms with Crippen LogP contribution in [0.4, 0.5) is 0 Å². The fourth-order valence-corrected chi connectivity index (χ4v) is 1.87. The van der Waals surface area contributed by atoms with Crippen LogP contribution in [0.2, 0.25) is 0 Å². The number of aliphatic hydroxyl groups is 1. The minimum atomic E-state index is -0.567. The number of rotatable bonds is 2. The molecule has 0 saturated carbocycles. The van der Waals surface area contributed by atoms with E-state index in [-0.39, 0.29) is 0 Å². The molecule has 1 fully saturated rings. The molecule has 78 valence electrons. The average molecular weight is 196 g/mol. The van der Waals surface area contributed by atoms with Crippen LogP contribution < -0.4 is 0 Å². The van der Waals surface area contributed by atoms with Crippen molar-refractivity contribution < 1.29 is 9.52 Å². The van der Waals surface area contributed by atoms with Crippen molar-refractivity contribution >= 4 is 0 Å². The van der Waals surface area contributed by atoms with Crippen molar-refractivity contribution in [2.75, 3.05) is 13.6 Å². The molecule has 4 nitrogen and oxygen atoms in total. The molecule has 1 aliphatic heterocycles. The van der Waals surface area contributed by atoms with Crippen LogP contribution in [0.15, 0.2) is 10.6 Å². The number of aromatic nitrogens is 1. The Bertz CT molecular complexity index is 309. The Labute approximate surface area is 83.5 Å². The maximum atomic E-state index is 9.30. The van der Waals surface area contributed by atoms with E-state index >= 15 is 0 Å². The molecule has 14 heavy (non-hydrogen) atoms. The number of aliphatic hydroxyl groups excluding tert-OH is 1. The highest BCUT2D eigenvalue weighted by molar-refractivity contribution is 5.01. The number of oxazole rings is 1. The van der Waals surface area contributed by atoms with Crippen LogP contribution in [0.3, 0.4) is 0 Å². The first-order chi connectivity index (χ1) is 6.68. The van der Waals surface area contributed by atoms with Crippen molar-refractivity contribution in [1.29, 1.82) is 0 Å². The van der Waals surface area contributed by atoms with Gasteiger partial charge >= 0.3 is 0 Å². The lowest BCUT2D eigenvalue weighted by atomic mass is 10.2. The molecule has 1 aromatic rings. The fraction of sp³-hybridized carbons (Fsp3) is 0.700. The zero-order chi connectivity index (χ0) is 10.1. The molecule has 0 amide bonds. The summed E-state index contributed by atoms with van der Waals surface area (Å²) < 4.78 is 5.50. The van der Waals surface area contributed by atoms with Gasteiger partial charge in [-0.1, -0.05) is 0 Å². The smallest absolute Gasteiger partial charge is 0.211 e. The molecule has 2 heterocycles. The largest absolute Gasteiger partial charge is 0.441 e. The van der Waals surface area contributed by atoms with Crippen molar-refractivity contribution in [1.82, 2.24) is 9.88 Å². The highest BCUT2D eigenvalue weighted by Gasteiger charge is 2.27. The maximum absolute atomic E-state index is 9.30. The number of hydrogen-bond donors (Lipinski definition) is 1. The van der Waals surface area contributed by atoms with Crippen molar-refractivity contribution in [3.8, 4) is 0 Å². The van der Waals surface area contributed by atoms with E-state index in [9.17, 15) is 5.11 Å². The Morgan fingerprint density at radius 3 is 3.00 bits per heavy atom. The Balaban J connectivity index is 2.16. The molecule has 0 aromatic carbocycles. The Morgan fingerprint density at radius 1 is 1.71 bits per heavy atom. The number of likely N-dealkylation sites (tertiary alicyclic amines) is 1. The van der Waals surface area contributed by atoms with Crippen LogP contribution in [0.25, 0.3) is 0 Å². The first-order valence-electron chi connectivity index (χ1n) is 5.02. The average Bonchev–Trinajstić information content (AvgIpc) is 2.71. The molecule has 2 unspecified atom stereocenters. The summed E-state index contributed by atoms with van der Waals surface area (Å²) in [6, 6.07) is 0.294. The normalized spacial score (nSPS) is 25.5.